The van der Waals surface area contributed by atoms with Gasteiger partial charge in [0.25, 0.3) is 0 Å². The molecule has 0 spiro atoms. The standard InChI is InChI=1S/C18H18N4OS2/c1-2-4-14(5-3-1)16-13-24-18(20-16)21-19-12-15-6-7-17(25-15)22-8-10-23-11-9-22/h1-7,12-13H,8-11H2,(H,20,21)/b19-12-. The molecule has 1 fully saturated rings. The second-order valence-electron chi connectivity index (χ2n) is 5.55. The molecule has 0 aliphatic carbocycles. The van der Waals surface area contributed by atoms with E-state index in [1.54, 1.807) is 22.7 Å². The number of ether oxygens (including phenoxy) is 1. The lowest BCUT2D eigenvalue weighted by Gasteiger charge is -2.27. The highest BCUT2D eigenvalue weighted by atomic mass is 32.1. The Labute approximate surface area is 154 Å². The molecule has 128 valence electrons. The molecular weight excluding hydrogens is 352 g/mol. The fourth-order valence-electron chi connectivity index (χ4n) is 2.58. The summed E-state index contributed by atoms with van der Waals surface area (Å²) in [7, 11) is 0. The number of thiazole rings is 1. The second kappa shape index (κ2) is 7.77. The lowest BCUT2D eigenvalue weighted by Crippen LogP contribution is -2.35. The third-order valence-electron chi connectivity index (χ3n) is 3.86. The number of nitrogens with one attached hydrogen (secondary N) is 1. The molecule has 1 N–H and O–H groups in total. The van der Waals surface area contributed by atoms with E-state index in [1.165, 1.54) is 5.00 Å². The zero-order valence-electron chi connectivity index (χ0n) is 13.6. The lowest BCUT2D eigenvalue weighted by atomic mass is 10.2. The van der Waals surface area contributed by atoms with Crippen molar-refractivity contribution in [2.24, 2.45) is 5.10 Å². The van der Waals surface area contributed by atoms with Gasteiger partial charge in [0, 0.05) is 28.9 Å². The Morgan fingerprint density at radius 1 is 1.12 bits per heavy atom. The number of benzene rings is 1. The number of hydrogen-bond donors (Lipinski definition) is 1. The molecule has 1 aromatic carbocycles. The van der Waals surface area contributed by atoms with Gasteiger partial charge >= 0.3 is 0 Å². The van der Waals surface area contributed by atoms with Crippen molar-refractivity contribution in [3.8, 4) is 11.3 Å². The molecule has 5 nitrogen and oxygen atoms in total. The third kappa shape index (κ3) is 4.07. The first-order valence-corrected chi connectivity index (χ1v) is 9.81. The SMILES string of the molecule is C(=N/Nc1nc(-c2ccccc2)cs1)/c1ccc(N2CCOCC2)s1. The number of rotatable bonds is 5. The first kappa shape index (κ1) is 16.3. The first-order chi connectivity index (χ1) is 12.4. The summed E-state index contributed by atoms with van der Waals surface area (Å²) in [6.07, 6.45) is 1.85. The van der Waals surface area contributed by atoms with Crippen LogP contribution in [-0.4, -0.2) is 37.5 Å². The van der Waals surface area contributed by atoms with Crippen molar-refractivity contribution >= 4 is 39.0 Å². The van der Waals surface area contributed by atoms with Crippen molar-refractivity contribution in [3.63, 3.8) is 0 Å². The molecule has 4 rings (SSSR count). The zero-order chi connectivity index (χ0) is 16.9. The maximum absolute atomic E-state index is 5.40. The summed E-state index contributed by atoms with van der Waals surface area (Å²) in [6.45, 7) is 3.51. The van der Waals surface area contributed by atoms with Gasteiger partial charge in [0.15, 0.2) is 0 Å². The normalized spacial score (nSPS) is 15.0. The molecule has 3 aromatic rings. The van der Waals surface area contributed by atoms with E-state index < -0.39 is 0 Å². The summed E-state index contributed by atoms with van der Waals surface area (Å²) in [5.74, 6) is 0. The van der Waals surface area contributed by atoms with Crippen molar-refractivity contribution in [2.75, 3.05) is 36.6 Å². The first-order valence-electron chi connectivity index (χ1n) is 8.11. The summed E-state index contributed by atoms with van der Waals surface area (Å²) in [5.41, 5.74) is 5.10. The predicted molar refractivity (Wildman–Crippen MR) is 106 cm³/mol. The quantitative estimate of drug-likeness (QED) is 0.541. The molecule has 1 saturated heterocycles. The van der Waals surface area contributed by atoms with Gasteiger partial charge in [0.2, 0.25) is 5.13 Å². The Balaban J connectivity index is 1.37. The Morgan fingerprint density at radius 2 is 1.96 bits per heavy atom. The summed E-state index contributed by atoms with van der Waals surface area (Å²) in [6, 6.07) is 14.4. The van der Waals surface area contributed by atoms with E-state index in [9.17, 15) is 0 Å². The van der Waals surface area contributed by atoms with Gasteiger partial charge in [0.05, 0.1) is 30.1 Å². The molecule has 2 aromatic heterocycles. The average Bonchev–Trinajstić information content (AvgIpc) is 3.33. The van der Waals surface area contributed by atoms with Crippen molar-refractivity contribution in [3.05, 3.63) is 52.7 Å². The maximum Gasteiger partial charge on any atom is 0.203 e. The van der Waals surface area contributed by atoms with E-state index in [0.717, 1.165) is 47.6 Å². The minimum atomic E-state index is 0.792. The van der Waals surface area contributed by atoms with Crippen LogP contribution in [0.25, 0.3) is 11.3 Å². The Morgan fingerprint density at radius 3 is 2.80 bits per heavy atom. The molecule has 0 unspecified atom stereocenters. The smallest absolute Gasteiger partial charge is 0.203 e. The van der Waals surface area contributed by atoms with Crippen LogP contribution in [0.5, 0.6) is 0 Å². The van der Waals surface area contributed by atoms with E-state index >= 15 is 0 Å². The highest BCUT2D eigenvalue weighted by molar-refractivity contribution is 7.17. The number of aromatic nitrogens is 1. The number of nitrogens with zero attached hydrogens (tertiary/aromatic N) is 3. The molecule has 0 atom stereocenters. The highest BCUT2D eigenvalue weighted by Gasteiger charge is 2.12. The van der Waals surface area contributed by atoms with Crippen LogP contribution in [0, 0.1) is 0 Å². The van der Waals surface area contributed by atoms with E-state index in [1.807, 2.05) is 29.8 Å². The monoisotopic (exact) mass is 370 g/mol. The van der Waals surface area contributed by atoms with Crippen molar-refractivity contribution < 1.29 is 4.74 Å². The van der Waals surface area contributed by atoms with Crippen LogP contribution in [0.4, 0.5) is 10.1 Å². The van der Waals surface area contributed by atoms with Crippen LogP contribution in [0.2, 0.25) is 0 Å². The molecule has 1 aliphatic rings. The highest BCUT2D eigenvalue weighted by Crippen LogP contribution is 2.26. The number of anilines is 2. The Kier molecular flexibility index (Phi) is 5.06. The van der Waals surface area contributed by atoms with Crippen molar-refractivity contribution in [1.82, 2.24) is 4.98 Å². The van der Waals surface area contributed by atoms with Gasteiger partial charge in [-0.1, -0.05) is 30.3 Å². The van der Waals surface area contributed by atoms with Crippen molar-refractivity contribution in [1.29, 1.82) is 0 Å². The van der Waals surface area contributed by atoms with Crippen molar-refractivity contribution in [2.45, 2.75) is 0 Å². The van der Waals surface area contributed by atoms with E-state index in [0.29, 0.717) is 0 Å². The average molecular weight is 371 g/mol. The van der Waals surface area contributed by atoms with Gasteiger partial charge in [0.1, 0.15) is 0 Å². The number of hydrazone groups is 1. The number of hydrogen-bond acceptors (Lipinski definition) is 7. The topological polar surface area (TPSA) is 49.8 Å². The van der Waals surface area contributed by atoms with E-state index in [-0.39, 0.29) is 0 Å². The van der Waals surface area contributed by atoms with Crippen LogP contribution >= 0.6 is 22.7 Å². The third-order valence-corrected chi connectivity index (χ3v) is 5.69. The molecule has 0 radical (unpaired) electrons. The summed E-state index contributed by atoms with van der Waals surface area (Å²) >= 11 is 3.29. The van der Waals surface area contributed by atoms with Crippen LogP contribution in [0.15, 0.2) is 52.9 Å². The molecule has 1 aliphatic heterocycles. The molecule has 25 heavy (non-hydrogen) atoms. The largest absolute Gasteiger partial charge is 0.378 e. The van der Waals surface area contributed by atoms with Gasteiger partial charge in [-0.2, -0.15) is 5.10 Å². The molecule has 3 heterocycles. The Hall–Kier alpha value is -2.22. The number of thiophene rings is 1. The van der Waals surface area contributed by atoms with Gasteiger partial charge in [-0.3, -0.25) is 5.43 Å². The van der Waals surface area contributed by atoms with Gasteiger partial charge in [-0.15, -0.1) is 22.7 Å². The minimum Gasteiger partial charge on any atom is -0.378 e. The van der Waals surface area contributed by atoms with E-state index in [4.69, 9.17) is 4.74 Å². The van der Waals surface area contributed by atoms with Crippen LogP contribution < -0.4 is 10.3 Å². The molecular formula is C18H18N4OS2. The fraction of sp³-hybridized carbons (Fsp3) is 0.222. The van der Waals surface area contributed by atoms with Crippen LogP contribution in [0.1, 0.15) is 4.88 Å². The Bertz CT molecular complexity index is 838. The molecule has 0 amide bonds. The molecule has 0 saturated carbocycles. The van der Waals surface area contributed by atoms with Crippen LogP contribution in [0.3, 0.4) is 0 Å². The predicted octanol–water partition coefficient (Wildman–Crippen LogP) is 4.15. The van der Waals surface area contributed by atoms with E-state index in [2.05, 4.69) is 44.7 Å². The lowest BCUT2D eigenvalue weighted by molar-refractivity contribution is 0.123. The fourth-order valence-corrected chi connectivity index (χ4v) is 4.18. The van der Waals surface area contributed by atoms with Gasteiger partial charge in [-0.05, 0) is 12.1 Å². The second-order valence-corrected chi connectivity index (χ2v) is 7.50. The van der Waals surface area contributed by atoms with Gasteiger partial charge < -0.3 is 9.64 Å². The van der Waals surface area contributed by atoms with Crippen LogP contribution in [-0.2, 0) is 4.74 Å². The van der Waals surface area contributed by atoms with Gasteiger partial charge in [-0.25, -0.2) is 4.98 Å². The summed E-state index contributed by atoms with van der Waals surface area (Å²) < 4.78 is 5.40. The maximum atomic E-state index is 5.40. The number of morpholine rings is 1. The zero-order valence-corrected chi connectivity index (χ0v) is 15.2. The molecule has 0 bridgehead atoms. The summed E-state index contributed by atoms with van der Waals surface area (Å²) in [5, 5.41) is 8.41. The summed E-state index contributed by atoms with van der Waals surface area (Å²) in [4.78, 5) is 8.04. The minimum absolute atomic E-state index is 0.792. The molecule has 7 heteroatoms.